The molecule has 0 bridgehead atoms. The summed E-state index contributed by atoms with van der Waals surface area (Å²) in [7, 11) is 2.12. The number of Topliss-reactive ketones (excluding diaryl/α,β-unsaturated/α-hetero) is 1. The summed E-state index contributed by atoms with van der Waals surface area (Å²) >= 11 is 0. The van der Waals surface area contributed by atoms with E-state index in [1.165, 1.54) is 18.2 Å². The van der Waals surface area contributed by atoms with E-state index in [1.807, 2.05) is 12.1 Å². The van der Waals surface area contributed by atoms with Gasteiger partial charge in [-0.05, 0) is 55.8 Å². The molecular formula is C22H23ClF2N2O. The van der Waals surface area contributed by atoms with Gasteiger partial charge in [0.05, 0.1) is 0 Å². The summed E-state index contributed by atoms with van der Waals surface area (Å²) in [6.45, 7) is 4.02. The lowest BCUT2D eigenvalue weighted by atomic mass is 9.85. The average molecular weight is 405 g/mol. The number of carbonyl (C=O) groups is 1. The molecule has 2 aromatic rings. The maximum Gasteiger partial charge on any atom is 0.189 e. The van der Waals surface area contributed by atoms with E-state index in [9.17, 15) is 13.6 Å². The molecule has 28 heavy (non-hydrogen) atoms. The second-order valence-corrected chi connectivity index (χ2v) is 7.27. The predicted octanol–water partition coefficient (Wildman–Crippen LogP) is 4.35. The second kappa shape index (κ2) is 8.41. The summed E-state index contributed by atoms with van der Waals surface area (Å²) < 4.78 is 27.3. The molecule has 1 saturated heterocycles. The smallest absolute Gasteiger partial charge is 0.189 e. The molecule has 2 aliphatic rings. The van der Waals surface area contributed by atoms with Crippen LogP contribution in [0.1, 0.15) is 27.9 Å². The first-order valence-electron chi connectivity index (χ1n) is 9.28. The number of piperazine rings is 1. The van der Waals surface area contributed by atoms with Gasteiger partial charge in [0, 0.05) is 48.6 Å². The lowest BCUT2D eigenvalue weighted by molar-refractivity contribution is 0.102. The molecule has 1 aliphatic heterocycles. The Balaban J connectivity index is 0.00000225. The zero-order valence-electron chi connectivity index (χ0n) is 15.8. The summed E-state index contributed by atoms with van der Waals surface area (Å²) in [5, 5.41) is 0. The number of rotatable bonds is 2. The number of ketones is 1. The predicted molar refractivity (Wildman–Crippen MR) is 110 cm³/mol. The fourth-order valence-corrected chi connectivity index (χ4v) is 3.78. The normalized spacial score (nSPS) is 18.8. The third-order valence-corrected chi connectivity index (χ3v) is 5.47. The van der Waals surface area contributed by atoms with Gasteiger partial charge in [0.2, 0.25) is 0 Å². The van der Waals surface area contributed by atoms with Crippen molar-refractivity contribution in [2.24, 2.45) is 0 Å². The van der Waals surface area contributed by atoms with Crippen LogP contribution in [0.3, 0.4) is 0 Å². The average Bonchev–Trinajstić information content (AvgIpc) is 2.68. The Morgan fingerprint density at radius 3 is 2.50 bits per heavy atom. The highest BCUT2D eigenvalue weighted by Gasteiger charge is 2.24. The molecule has 1 fully saturated rings. The number of likely N-dealkylation sites (N-methyl/N-ethyl adjacent to an activating group) is 1. The first kappa shape index (κ1) is 20.5. The molecule has 0 unspecified atom stereocenters. The standard InChI is InChI=1S/C22H22F2N2O.ClH/c1-25-9-11-26(12-10-25)18-7-8-19-15(14-18)5-6-17(22(19)27)13-16-3-2-4-20(23)21(16)24;/h2-4,7-8,13-14H,5-6,9-12H2,1H3;1H/b17-13+;. The van der Waals surface area contributed by atoms with Crippen molar-refractivity contribution in [3.05, 3.63) is 70.3 Å². The van der Waals surface area contributed by atoms with Gasteiger partial charge in [-0.3, -0.25) is 4.79 Å². The van der Waals surface area contributed by atoms with Gasteiger partial charge in [0.1, 0.15) is 0 Å². The molecule has 2 aromatic carbocycles. The number of anilines is 1. The van der Waals surface area contributed by atoms with Gasteiger partial charge < -0.3 is 9.80 Å². The van der Waals surface area contributed by atoms with Gasteiger partial charge in [-0.2, -0.15) is 0 Å². The maximum atomic E-state index is 13.9. The molecule has 4 rings (SSSR count). The summed E-state index contributed by atoms with van der Waals surface area (Å²) in [6.07, 6.45) is 2.75. The van der Waals surface area contributed by atoms with Crippen LogP contribution in [0.4, 0.5) is 14.5 Å². The first-order valence-corrected chi connectivity index (χ1v) is 9.28. The topological polar surface area (TPSA) is 23.6 Å². The molecule has 0 spiro atoms. The van der Waals surface area contributed by atoms with Crippen LogP contribution < -0.4 is 4.90 Å². The van der Waals surface area contributed by atoms with Crippen LogP contribution in [0.5, 0.6) is 0 Å². The van der Waals surface area contributed by atoms with E-state index in [4.69, 9.17) is 0 Å². The Morgan fingerprint density at radius 2 is 1.75 bits per heavy atom. The number of halogens is 3. The molecule has 3 nitrogen and oxygen atoms in total. The zero-order valence-corrected chi connectivity index (χ0v) is 16.6. The number of allylic oxidation sites excluding steroid dienone is 1. The van der Waals surface area contributed by atoms with Gasteiger partial charge in [-0.25, -0.2) is 8.78 Å². The van der Waals surface area contributed by atoms with E-state index in [1.54, 1.807) is 0 Å². The number of hydrogen-bond acceptors (Lipinski definition) is 3. The van der Waals surface area contributed by atoms with E-state index < -0.39 is 11.6 Å². The minimum Gasteiger partial charge on any atom is -0.369 e. The molecular weight excluding hydrogens is 382 g/mol. The van der Waals surface area contributed by atoms with Crippen LogP contribution in [0.25, 0.3) is 6.08 Å². The molecule has 6 heteroatoms. The van der Waals surface area contributed by atoms with Gasteiger partial charge in [0.25, 0.3) is 0 Å². The zero-order chi connectivity index (χ0) is 19.0. The van der Waals surface area contributed by atoms with Crippen molar-refractivity contribution < 1.29 is 13.6 Å². The quantitative estimate of drug-likeness (QED) is 0.695. The van der Waals surface area contributed by atoms with Crippen molar-refractivity contribution in [3.8, 4) is 0 Å². The number of carbonyl (C=O) groups excluding carboxylic acids is 1. The van der Waals surface area contributed by atoms with E-state index in [0.717, 1.165) is 49.9 Å². The van der Waals surface area contributed by atoms with Crippen molar-refractivity contribution in [2.45, 2.75) is 12.8 Å². The van der Waals surface area contributed by atoms with E-state index in [2.05, 4.69) is 22.9 Å². The highest BCUT2D eigenvalue weighted by Crippen LogP contribution is 2.30. The number of benzene rings is 2. The molecule has 0 radical (unpaired) electrons. The Labute approximate surface area is 170 Å². The van der Waals surface area contributed by atoms with Crippen molar-refractivity contribution in [3.63, 3.8) is 0 Å². The van der Waals surface area contributed by atoms with Crippen LogP contribution in [0.15, 0.2) is 42.0 Å². The lowest BCUT2D eigenvalue weighted by Crippen LogP contribution is -2.44. The maximum absolute atomic E-state index is 13.9. The molecule has 1 heterocycles. The molecule has 0 aromatic heterocycles. The van der Waals surface area contributed by atoms with Crippen LogP contribution in [-0.4, -0.2) is 43.9 Å². The molecule has 1 aliphatic carbocycles. The minimum atomic E-state index is -0.908. The molecule has 0 amide bonds. The van der Waals surface area contributed by atoms with Crippen LogP contribution >= 0.6 is 12.4 Å². The Kier molecular flexibility index (Phi) is 6.16. The van der Waals surface area contributed by atoms with Crippen molar-refractivity contribution >= 4 is 30.0 Å². The Hall–Kier alpha value is -2.24. The summed E-state index contributed by atoms with van der Waals surface area (Å²) in [6, 6.07) is 10.0. The highest BCUT2D eigenvalue weighted by atomic mass is 35.5. The van der Waals surface area contributed by atoms with Crippen LogP contribution in [0, 0.1) is 11.6 Å². The van der Waals surface area contributed by atoms with Gasteiger partial charge in [-0.15, -0.1) is 12.4 Å². The number of nitrogens with zero attached hydrogens (tertiary/aromatic N) is 2. The van der Waals surface area contributed by atoms with Gasteiger partial charge in [-0.1, -0.05) is 12.1 Å². The summed E-state index contributed by atoms with van der Waals surface area (Å²) in [5.41, 5.74) is 3.50. The minimum absolute atomic E-state index is 0. The largest absolute Gasteiger partial charge is 0.369 e. The molecule has 0 N–H and O–H groups in total. The molecule has 148 valence electrons. The number of aryl methyl sites for hydroxylation is 1. The van der Waals surface area contributed by atoms with E-state index >= 15 is 0 Å². The summed E-state index contributed by atoms with van der Waals surface area (Å²) in [5.74, 6) is -1.90. The Morgan fingerprint density at radius 1 is 1.00 bits per heavy atom. The fraction of sp³-hybridized carbons (Fsp3) is 0.318. The van der Waals surface area contributed by atoms with Crippen LogP contribution in [-0.2, 0) is 6.42 Å². The van der Waals surface area contributed by atoms with Crippen LogP contribution in [0.2, 0.25) is 0 Å². The molecule has 0 atom stereocenters. The van der Waals surface area contributed by atoms with E-state index in [0.29, 0.717) is 17.6 Å². The fourth-order valence-electron chi connectivity index (χ4n) is 3.78. The third kappa shape index (κ3) is 3.96. The first-order chi connectivity index (χ1) is 13.0. The third-order valence-electron chi connectivity index (χ3n) is 5.47. The van der Waals surface area contributed by atoms with E-state index in [-0.39, 0.29) is 23.8 Å². The lowest BCUT2D eigenvalue weighted by Gasteiger charge is -2.34. The van der Waals surface area contributed by atoms with Gasteiger partial charge >= 0.3 is 0 Å². The van der Waals surface area contributed by atoms with Gasteiger partial charge in [0.15, 0.2) is 17.4 Å². The van der Waals surface area contributed by atoms with Crippen molar-refractivity contribution in [1.82, 2.24) is 4.90 Å². The molecule has 0 saturated carbocycles. The SMILES string of the molecule is CN1CCN(c2ccc3c(c2)CC/C(=C\c2cccc(F)c2F)C3=O)CC1.Cl. The monoisotopic (exact) mass is 404 g/mol. The van der Waals surface area contributed by atoms with Crippen molar-refractivity contribution in [2.75, 3.05) is 38.1 Å². The second-order valence-electron chi connectivity index (χ2n) is 7.27. The number of hydrogen-bond donors (Lipinski definition) is 0. The number of fused-ring (bicyclic) bond motifs is 1. The summed E-state index contributed by atoms with van der Waals surface area (Å²) in [4.78, 5) is 17.5. The van der Waals surface area contributed by atoms with Crippen molar-refractivity contribution in [1.29, 1.82) is 0 Å². The highest BCUT2D eigenvalue weighted by molar-refractivity contribution is 6.13. The Bertz CT molecular complexity index is 921.